The molecule has 0 saturated heterocycles. The van der Waals surface area contributed by atoms with Crippen LogP contribution in [0.15, 0.2) is 36.7 Å². The normalized spacial score (nSPS) is 9.93. The third-order valence-electron chi connectivity index (χ3n) is 1.70. The topological polar surface area (TPSA) is 61.0 Å². The molecule has 0 spiro atoms. The summed E-state index contributed by atoms with van der Waals surface area (Å²) < 4.78 is 5.41. The molecule has 0 unspecified atom stereocenters. The molecule has 4 nitrogen and oxygen atoms in total. The summed E-state index contributed by atoms with van der Waals surface area (Å²) >= 11 is 5.72. The van der Waals surface area contributed by atoms with Crippen molar-refractivity contribution in [3.8, 4) is 11.6 Å². The Morgan fingerprint density at radius 1 is 1.27 bits per heavy atom. The lowest BCUT2D eigenvalue weighted by molar-refractivity contribution is 0.463. The summed E-state index contributed by atoms with van der Waals surface area (Å²) in [5.41, 5.74) is 6.10. The number of anilines is 1. The summed E-state index contributed by atoms with van der Waals surface area (Å²) in [5, 5.41) is 0.336. The number of hydrogen-bond acceptors (Lipinski definition) is 4. The van der Waals surface area contributed by atoms with Crippen LogP contribution in [0.1, 0.15) is 0 Å². The number of rotatable bonds is 2. The van der Waals surface area contributed by atoms with Gasteiger partial charge in [0, 0.05) is 6.20 Å². The fraction of sp³-hybridized carbons (Fsp3) is 0. The van der Waals surface area contributed by atoms with Crippen molar-refractivity contribution < 1.29 is 4.74 Å². The predicted molar refractivity (Wildman–Crippen MR) is 58.0 cm³/mol. The molecular weight excluding hydrogens is 214 g/mol. The molecule has 5 heteroatoms. The molecule has 0 amide bonds. The Balaban J connectivity index is 2.28. The van der Waals surface area contributed by atoms with E-state index in [9.17, 15) is 0 Å². The summed E-state index contributed by atoms with van der Waals surface area (Å²) in [7, 11) is 0. The lowest BCUT2D eigenvalue weighted by Gasteiger charge is -2.06. The van der Waals surface area contributed by atoms with Gasteiger partial charge in [0.25, 0.3) is 0 Å². The third-order valence-corrected chi connectivity index (χ3v) is 1.92. The number of aromatic nitrogens is 2. The Labute approximate surface area is 91.7 Å². The zero-order chi connectivity index (χ0) is 10.7. The lowest BCUT2D eigenvalue weighted by Crippen LogP contribution is -1.95. The molecule has 15 heavy (non-hydrogen) atoms. The molecule has 0 atom stereocenters. The molecule has 2 N–H and O–H groups in total. The van der Waals surface area contributed by atoms with E-state index in [4.69, 9.17) is 22.1 Å². The van der Waals surface area contributed by atoms with E-state index < -0.39 is 0 Å². The average Bonchev–Trinajstić information content (AvgIpc) is 2.25. The Kier molecular flexibility index (Phi) is 2.69. The van der Waals surface area contributed by atoms with Crippen LogP contribution in [0.2, 0.25) is 5.15 Å². The van der Waals surface area contributed by atoms with Gasteiger partial charge in [0.15, 0.2) is 0 Å². The molecular formula is C10H8ClN3O. The van der Waals surface area contributed by atoms with Crippen LogP contribution in [0.3, 0.4) is 0 Å². The molecule has 2 aromatic heterocycles. The number of pyridine rings is 2. The van der Waals surface area contributed by atoms with Crippen molar-refractivity contribution in [1.29, 1.82) is 0 Å². The molecule has 2 aromatic rings. The van der Waals surface area contributed by atoms with Gasteiger partial charge in [0.2, 0.25) is 5.88 Å². The van der Waals surface area contributed by atoms with Crippen molar-refractivity contribution in [2.24, 2.45) is 0 Å². The van der Waals surface area contributed by atoms with Gasteiger partial charge < -0.3 is 10.5 Å². The van der Waals surface area contributed by atoms with Crippen molar-refractivity contribution in [2.75, 3.05) is 5.73 Å². The second-order valence-corrected chi connectivity index (χ2v) is 3.21. The monoisotopic (exact) mass is 221 g/mol. The van der Waals surface area contributed by atoms with Gasteiger partial charge in [0.05, 0.1) is 11.9 Å². The SMILES string of the molecule is Nc1ccc(Cl)nc1Oc1cccnc1. The fourth-order valence-corrected chi connectivity index (χ4v) is 1.17. The Morgan fingerprint density at radius 2 is 2.13 bits per heavy atom. The Morgan fingerprint density at radius 3 is 2.87 bits per heavy atom. The molecule has 2 rings (SSSR count). The van der Waals surface area contributed by atoms with Crippen molar-refractivity contribution in [2.45, 2.75) is 0 Å². The van der Waals surface area contributed by atoms with Gasteiger partial charge in [-0.05, 0) is 24.3 Å². The predicted octanol–water partition coefficient (Wildman–Crippen LogP) is 2.50. The minimum absolute atomic E-state index is 0.288. The summed E-state index contributed by atoms with van der Waals surface area (Å²) in [6, 6.07) is 6.76. The molecule has 0 radical (unpaired) electrons. The van der Waals surface area contributed by atoms with Gasteiger partial charge in [-0.2, -0.15) is 4.98 Å². The fourth-order valence-electron chi connectivity index (χ4n) is 1.03. The highest BCUT2D eigenvalue weighted by Gasteiger charge is 2.04. The quantitative estimate of drug-likeness (QED) is 0.792. The van der Waals surface area contributed by atoms with Gasteiger partial charge in [-0.1, -0.05) is 11.6 Å². The second-order valence-electron chi connectivity index (χ2n) is 2.82. The minimum atomic E-state index is 0.288. The molecule has 2 heterocycles. The highest BCUT2D eigenvalue weighted by molar-refractivity contribution is 6.29. The minimum Gasteiger partial charge on any atom is -0.435 e. The molecule has 0 aromatic carbocycles. The first kappa shape index (κ1) is 9.73. The molecule has 0 bridgehead atoms. The van der Waals surface area contributed by atoms with Gasteiger partial charge >= 0.3 is 0 Å². The maximum Gasteiger partial charge on any atom is 0.244 e. The number of ether oxygens (including phenoxy) is 1. The van der Waals surface area contributed by atoms with E-state index in [0.29, 0.717) is 16.6 Å². The van der Waals surface area contributed by atoms with Gasteiger partial charge in [-0.25, -0.2) is 0 Å². The van der Waals surface area contributed by atoms with E-state index in [1.807, 2.05) is 0 Å². The van der Waals surface area contributed by atoms with Crippen LogP contribution in [-0.4, -0.2) is 9.97 Å². The van der Waals surface area contributed by atoms with Crippen LogP contribution in [-0.2, 0) is 0 Å². The highest BCUT2D eigenvalue weighted by Crippen LogP contribution is 2.25. The summed E-state index contributed by atoms with van der Waals surface area (Å²) in [6.07, 6.45) is 3.23. The Hall–Kier alpha value is -1.81. The number of nitrogen functional groups attached to an aromatic ring is 1. The molecule has 76 valence electrons. The zero-order valence-electron chi connectivity index (χ0n) is 7.72. The largest absolute Gasteiger partial charge is 0.435 e. The Bertz CT molecular complexity index is 461. The van der Waals surface area contributed by atoms with E-state index in [1.165, 1.54) is 0 Å². The van der Waals surface area contributed by atoms with Crippen molar-refractivity contribution in [1.82, 2.24) is 9.97 Å². The van der Waals surface area contributed by atoms with Crippen LogP contribution in [0.5, 0.6) is 11.6 Å². The first-order valence-corrected chi connectivity index (χ1v) is 4.63. The number of halogens is 1. The third kappa shape index (κ3) is 2.35. The van der Waals surface area contributed by atoms with Gasteiger partial charge in [0.1, 0.15) is 10.9 Å². The first-order valence-electron chi connectivity index (χ1n) is 4.25. The average molecular weight is 222 g/mol. The van der Waals surface area contributed by atoms with E-state index >= 15 is 0 Å². The van der Waals surface area contributed by atoms with Crippen LogP contribution in [0.4, 0.5) is 5.69 Å². The highest BCUT2D eigenvalue weighted by atomic mass is 35.5. The molecule has 0 saturated carbocycles. The number of nitrogens with zero attached hydrogens (tertiary/aromatic N) is 2. The summed E-state index contributed by atoms with van der Waals surface area (Å²) in [4.78, 5) is 7.86. The van der Waals surface area contributed by atoms with Gasteiger partial charge in [-0.3, -0.25) is 4.98 Å². The zero-order valence-corrected chi connectivity index (χ0v) is 8.48. The standard InChI is InChI=1S/C10H8ClN3O/c11-9-4-3-8(12)10(14-9)15-7-2-1-5-13-6-7/h1-6H,12H2. The van der Waals surface area contributed by atoms with Crippen LogP contribution < -0.4 is 10.5 Å². The first-order chi connectivity index (χ1) is 7.25. The molecule has 0 fully saturated rings. The van der Waals surface area contributed by atoms with E-state index in [-0.39, 0.29) is 5.88 Å². The van der Waals surface area contributed by atoms with Crippen LogP contribution in [0.25, 0.3) is 0 Å². The summed E-state index contributed by atoms with van der Waals surface area (Å²) in [5.74, 6) is 0.856. The number of hydrogen-bond donors (Lipinski definition) is 1. The molecule has 0 aliphatic rings. The molecule has 0 aliphatic carbocycles. The van der Waals surface area contributed by atoms with Crippen molar-refractivity contribution in [3.05, 3.63) is 41.8 Å². The van der Waals surface area contributed by atoms with E-state index in [0.717, 1.165) is 0 Å². The molecule has 0 aliphatic heterocycles. The number of nitrogens with two attached hydrogens (primary N) is 1. The maximum absolute atomic E-state index is 5.72. The van der Waals surface area contributed by atoms with Gasteiger partial charge in [-0.15, -0.1) is 0 Å². The van der Waals surface area contributed by atoms with Crippen molar-refractivity contribution in [3.63, 3.8) is 0 Å². The summed E-state index contributed by atoms with van der Waals surface area (Å²) in [6.45, 7) is 0. The van der Waals surface area contributed by atoms with E-state index in [1.54, 1.807) is 36.7 Å². The maximum atomic E-state index is 5.72. The van der Waals surface area contributed by atoms with E-state index in [2.05, 4.69) is 9.97 Å². The second kappa shape index (κ2) is 4.14. The van der Waals surface area contributed by atoms with Crippen LogP contribution >= 0.6 is 11.6 Å². The van der Waals surface area contributed by atoms with Crippen LogP contribution in [0, 0.1) is 0 Å². The van der Waals surface area contributed by atoms with Crippen molar-refractivity contribution >= 4 is 17.3 Å². The lowest BCUT2D eigenvalue weighted by atomic mass is 10.4. The smallest absolute Gasteiger partial charge is 0.244 e.